The van der Waals surface area contributed by atoms with Gasteiger partial charge in [-0.15, -0.1) is 0 Å². The van der Waals surface area contributed by atoms with Gasteiger partial charge in [0, 0.05) is 31.5 Å². The molecule has 0 saturated heterocycles. The second-order valence-electron chi connectivity index (χ2n) is 4.99. The fraction of sp³-hybridized carbons (Fsp3) is 0.188. The predicted molar refractivity (Wildman–Crippen MR) is 89.2 cm³/mol. The number of fused-ring (bicyclic) bond motifs is 1. The van der Waals surface area contributed by atoms with Gasteiger partial charge in [-0.25, -0.2) is 4.98 Å². The quantitative estimate of drug-likeness (QED) is 0.722. The molecule has 5 heteroatoms. The van der Waals surface area contributed by atoms with E-state index in [-0.39, 0.29) is 0 Å². The van der Waals surface area contributed by atoms with Crippen molar-refractivity contribution in [2.75, 3.05) is 26.1 Å². The molecule has 0 aliphatic rings. The number of hydrogen-bond acceptors (Lipinski definition) is 3. The van der Waals surface area contributed by atoms with Gasteiger partial charge in [0.05, 0.1) is 12.6 Å². The number of imidazole rings is 1. The second kappa shape index (κ2) is 5.41. The molecule has 4 nitrogen and oxygen atoms in total. The Morgan fingerprint density at radius 2 is 2.00 bits per heavy atom. The molecule has 0 bridgehead atoms. The van der Waals surface area contributed by atoms with Gasteiger partial charge in [0.15, 0.2) is 0 Å². The summed E-state index contributed by atoms with van der Waals surface area (Å²) in [6.45, 7) is 0. The van der Waals surface area contributed by atoms with E-state index in [4.69, 9.17) is 4.74 Å². The van der Waals surface area contributed by atoms with E-state index in [0.717, 1.165) is 32.9 Å². The molecular formula is C16H16BrN3O. The smallest absolute Gasteiger partial charge is 0.146 e. The molecule has 0 atom stereocenters. The maximum absolute atomic E-state index is 5.29. The van der Waals surface area contributed by atoms with Crippen molar-refractivity contribution in [1.29, 1.82) is 0 Å². The number of hydrogen-bond donors (Lipinski definition) is 0. The van der Waals surface area contributed by atoms with Crippen molar-refractivity contribution in [2.45, 2.75) is 0 Å². The van der Waals surface area contributed by atoms with Crippen LogP contribution in [0.2, 0.25) is 0 Å². The first-order valence-corrected chi connectivity index (χ1v) is 7.39. The highest BCUT2D eigenvalue weighted by atomic mass is 79.9. The van der Waals surface area contributed by atoms with Gasteiger partial charge in [-0.05, 0) is 40.2 Å². The van der Waals surface area contributed by atoms with Crippen molar-refractivity contribution >= 4 is 27.1 Å². The summed E-state index contributed by atoms with van der Waals surface area (Å²) in [5.41, 5.74) is 3.20. The summed E-state index contributed by atoms with van der Waals surface area (Å²) in [7, 11) is 5.72. The van der Waals surface area contributed by atoms with Crippen molar-refractivity contribution in [1.82, 2.24) is 9.38 Å². The Morgan fingerprint density at radius 3 is 2.71 bits per heavy atom. The lowest BCUT2D eigenvalue weighted by atomic mass is 10.2. The number of benzene rings is 1. The molecule has 3 rings (SSSR count). The van der Waals surface area contributed by atoms with Crippen molar-refractivity contribution in [3.63, 3.8) is 0 Å². The molecule has 0 radical (unpaired) electrons. The van der Waals surface area contributed by atoms with E-state index in [0.29, 0.717) is 0 Å². The van der Waals surface area contributed by atoms with Gasteiger partial charge < -0.3 is 9.64 Å². The average molecular weight is 346 g/mol. The first kappa shape index (κ1) is 13.9. The highest BCUT2D eigenvalue weighted by Gasteiger charge is 2.12. The third-order valence-electron chi connectivity index (χ3n) is 3.43. The van der Waals surface area contributed by atoms with E-state index < -0.39 is 0 Å². The molecule has 0 fully saturated rings. The van der Waals surface area contributed by atoms with Crippen LogP contribution in [0.5, 0.6) is 5.75 Å². The van der Waals surface area contributed by atoms with E-state index >= 15 is 0 Å². The SMILES string of the molecule is COc1cccc(-c2nc(Br)c3cc(N(C)C)ccn23)c1. The molecule has 1 aromatic carbocycles. The van der Waals surface area contributed by atoms with Crippen LogP contribution in [0.3, 0.4) is 0 Å². The molecule has 0 unspecified atom stereocenters. The maximum Gasteiger partial charge on any atom is 0.146 e. The number of aromatic nitrogens is 2. The van der Waals surface area contributed by atoms with Gasteiger partial charge >= 0.3 is 0 Å². The third kappa shape index (κ3) is 2.49. The minimum absolute atomic E-state index is 0.824. The summed E-state index contributed by atoms with van der Waals surface area (Å²) in [5, 5.41) is 0. The van der Waals surface area contributed by atoms with Gasteiger partial charge in [-0.2, -0.15) is 0 Å². The Labute approximate surface area is 132 Å². The lowest BCUT2D eigenvalue weighted by molar-refractivity contribution is 0.415. The molecule has 21 heavy (non-hydrogen) atoms. The lowest BCUT2D eigenvalue weighted by Gasteiger charge is -2.12. The zero-order valence-corrected chi connectivity index (χ0v) is 13.8. The number of rotatable bonds is 3. The zero-order valence-electron chi connectivity index (χ0n) is 12.2. The van der Waals surface area contributed by atoms with Gasteiger partial charge in [-0.1, -0.05) is 12.1 Å². The van der Waals surface area contributed by atoms with Crippen LogP contribution in [0.4, 0.5) is 5.69 Å². The fourth-order valence-electron chi connectivity index (χ4n) is 2.28. The molecule has 108 valence electrons. The molecule has 3 aromatic rings. The number of pyridine rings is 1. The largest absolute Gasteiger partial charge is 0.497 e. The first-order valence-electron chi connectivity index (χ1n) is 6.59. The van der Waals surface area contributed by atoms with Gasteiger partial charge in [0.1, 0.15) is 16.2 Å². The Balaban J connectivity index is 2.19. The minimum Gasteiger partial charge on any atom is -0.497 e. The van der Waals surface area contributed by atoms with Crippen molar-refractivity contribution in [3.8, 4) is 17.1 Å². The maximum atomic E-state index is 5.29. The summed E-state index contributed by atoms with van der Waals surface area (Å²) in [6.07, 6.45) is 2.04. The molecule has 0 spiro atoms. The number of methoxy groups -OCH3 is 1. The Morgan fingerprint density at radius 1 is 1.19 bits per heavy atom. The minimum atomic E-state index is 0.824. The Bertz CT molecular complexity index is 795. The van der Waals surface area contributed by atoms with Crippen LogP contribution >= 0.6 is 15.9 Å². The summed E-state index contributed by atoms with van der Waals surface area (Å²) < 4.78 is 8.20. The summed E-state index contributed by atoms with van der Waals surface area (Å²) >= 11 is 3.55. The number of nitrogens with zero attached hydrogens (tertiary/aromatic N) is 3. The average Bonchev–Trinajstić information content (AvgIpc) is 2.84. The van der Waals surface area contributed by atoms with Crippen LogP contribution in [-0.2, 0) is 0 Å². The van der Waals surface area contributed by atoms with Gasteiger partial charge in [-0.3, -0.25) is 4.40 Å². The summed E-state index contributed by atoms with van der Waals surface area (Å²) in [5.74, 6) is 1.71. The predicted octanol–water partition coefficient (Wildman–Crippen LogP) is 3.84. The zero-order chi connectivity index (χ0) is 15.0. The molecule has 0 amide bonds. The molecular weight excluding hydrogens is 330 g/mol. The van der Waals surface area contributed by atoms with Crippen LogP contribution in [0.25, 0.3) is 16.9 Å². The van der Waals surface area contributed by atoms with E-state index in [1.807, 2.05) is 44.6 Å². The van der Waals surface area contributed by atoms with Crippen LogP contribution in [0.15, 0.2) is 47.2 Å². The lowest BCUT2D eigenvalue weighted by Crippen LogP contribution is -2.08. The topological polar surface area (TPSA) is 29.8 Å². The molecule has 0 saturated carbocycles. The van der Waals surface area contributed by atoms with Crippen molar-refractivity contribution < 1.29 is 4.74 Å². The molecule has 0 aliphatic heterocycles. The van der Waals surface area contributed by atoms with Crippen LogP contribution in [0, 0.1) is 0 Å². The van der Waals surface area contributed by atoms with Gasteiger partial charge in [0.2, 0.25) is 0 Å². The van der Waals surface area contributed by atoms with E-state index in [1.54, 1.807) is 7.11 Å². The van der Waals surface area contributed by atoms with E-state index in [9.17, 15) is 0 Å². The van der Waals surface area contributed by atoms with Gasteiger partial charge in [0.25, 0.3) is 0 Å². The normalized spacial score (nSPS) is 10.9. The van der Waals surface area contributed by atoms with Crippen LogP contribution in [0.1, 0.15) is 0 Å². The van der Waals surface area contributed by atoms with Crippen LogP contribution < -0.4 is 9.64 Å². The summed E-state index contributed by atoms with van der Waals surface area (Å²) in [4.78, 5) is 6.72. The van der Waals surface area contributed by atoms with E-state index in [1.165, 1.54) is 0 Å². The second-order valence-corrected chi connectivity index (χ2v) is 5.74. The monoisotopic (exact) mass is 345 g/mol. The number of ether oxygens (including phenoxy) is 1. The first-order chi connectivity index (χ1) is 10.1. The van der Waals surface area contributed by atoms with Crippen molar-refractivity contribution in [3.05, 3.63) is 47.2 Å². The molecule has 2 aromatic heterocycles. The standard InChI is InChI=1S/C16H16BrN3O/c1-19(2)12-7-8-20-14(10-12)15(17)18-16(20)11-5-4-6-13(9-11)21-3/h4-10H,1-3H3. The highest BCUT2D eigenvalue weighted by Crippen LogP contribution is 2.29. The molecule has 0 aliphatic carbocycles. The van der Waals surface area contributed by atoms with Crippen LogP contribution in [-0.4, -0.2) is 30.6 Å². The fourth-order valence-corrected chi connectivity index (χ4v) is 2.75. The molecule has 2 heterocycles. The summed E-state index contributed by atoms with van der Waals surface area (Å²) in [6, 6.07) is 12.1. The number of halogens is 1. The van der Waals surface area contributed by atoms with E-state index in [2.05, 4.69) is 42.3 Å². The highest BCUT2D eigenvalue weighted by molar-refractivity contribution is 9.10. The molecule has 0 N–H and O–H groups in total. The number of anilines is 1. The Hall–Kier alpha value is -2.01. The Kier molecular flexibility index (Phi) is 3.59. The van der Waals surface area contributed by atoms with Crippen molar-refractivity contribution in [2.24, 2.45) is 0 Å². The third-order valence-corrected chi connectivity index (χ3v) is 4.01.